The van der Waals surface area contributed by atoms with Crippen LogP contribution < -0.4 is 0 Å². The van der Waals surface area contributed by atoms with Gasteiger partial charge in [-0.2, -0.15) is 0 Å². The standard InChI is InChI=1S/C3H8OS48/c1-2-3-4-52(6,7)51-50-49-48-47-46-45-44-43-42-41-40-39-38-37-36-35-34-33-32-31-30-29-28-27-26-25-24-23-22-21-20-19-18-17-16-15-14-13-12-11-10-9-8-5/h5H,2-3H2,1H3. The summed E-state index contributed by atoms with van der Waals surface area (Å²) in [7, 11) is 78.5. The van der Waals surface area contributed by atoms with Crippen molar-refractivity contribution in [2.45, 2.75) is 13.3 Å². The van der Waals surface area contributed by atoms with Crippen molar-refractivity contribution in [3.8, 4) is 0 Å². The Hall–Kier alpha value is 16.5. The highest BCUT2D eigenvalue weighted by atomic mass is 34.1. The fourth-order valence-corrected chi connectivity index (χ4v) is 124. The second kappa shape index (κ2) is 61.8. The van der Waals surface area contributed by atoms with Crippen LogP contribution in [0, 0.1) is 0 Å². The molecule has 0 aromatic rings. The van der Waals surface area contributed by atoms with Gasteiger partial charge in [-0.15, -0.1) is 0 Å². The van der Waals surface area contributed by atoms with Gasteiger partial charge in [0.25, 0.3) is 0 Å². The molecule has 0 aliphatic rings. The first-order valence-corrected chi connectivity index (χ1v) is 72.6. The van der Waals surface area contributed by atoms with E-state index in [-0.39, 0.29) is 0 Å². The van der Waals surface area contributed by atoms with E-state index in [0.29, 0.717) is 6.61 Å². The smallest absolute Gasteiger partial charge is 0.0820 e. The summed E-state index contributed by atoms with van der Waals surface area (Å²) < 4.78 is 5.55. The quantitative estimate of drug-likeness (QED) is 0.0352. The van der Waals surface area contributed by atoms with Gasteiger partial charge in [-0.25, -0.2) is 0 Å². The second-order valence-corrected chi connectivity index (χ2v) is 89.4. The molecule has 49 heteroatoms. The lowest BCUT2D eigenvalue weighted by Gasteiger charge is -2.07. The second-order valence-electron chi connectivity index (χ2n) is 4.23. The summed E-state index contributed by atoms with van der Waals surface area (Å²) in [6.45, 7) is 0.893. The Balaban J connectivity index is 3.10. The largest absolute Gasteiger partial charge is 0.301 e. The Morgan fingerprint density at radius 2 is 0.500 bits per heavy atom. The molecule has 0 radical (unpaired) electrons. The van der Waals surface area contributed by atoms with Gasteiger partial charge in [0, 0.05) is 354 Å². The average molecular weight is 1600 g/mol. The molecule has 0 unspecified atom stereocenters. The van der Waals surface area contributed by atoms with E-state index in [0.717, 1.165) is 6.42 Å². The lowest BCUT2D eigenvalue weighted by atomic mass is 10.5. The molecule has 0 bridgehead atoms. The third-order valence-electron chi connectivity index (χ3n) is 1.71. The monoisotopic (exact) mass is 1590 g/mol. The molecule has 0 fully saturated rings. The Labute approximate surface area is 484 Å². The molecule has 0 aromatic heterocycles. The molecule has 0 aliphatic heterocycles. The van der Waals surface area contributed by atoms with Crippen molar-refractivity contribution in [3.63, 3.8) is 0 Å². The molecule has 0 rings (SSSR count). The maximum Gasteiger partial charge on any atom is 0.0820 e. The topological polar surface area (TPSA) is 9.23 Å². The van der Waals surface area contributed by atoms with Gasteiger partial charge >= 0.3 is 0 Å². The maximum atomic E-state index is 5.55. The predicted molar refractivity (Wildman–Crippen MR) is 381 cm³/mol. The van der Waals surface area contributed by atoms with Crippen LogP contribution in [0.4, 0.5) is 0 Å². The summed E-state index contributed by atoms with van der Waals surface area (Å²) >= 11 is 14.7. The van der Waals surface area contributed by atoms with Gasteiger partial charge in [0.1, 0.15) is 0 Å². The number of rotatable bonds is 47. The third-order valence-corrected chi connectivity index (χ3v) is 104. The third kappa shape index (κ3) is 62.6. The molecule has 0 aromatic carbocycles. The highest BCUT2D eigenvalue weighted by molar-refractivity contribution is 9.63. The first-order valence-electron chi connectivity index (χ1n) is 9.51. The van der Waals surface area contributed by atoms with Crippen LogP contribution >= 0.6 is 444 Å². The van der Waals surface area contributed by atoms with Crippen LogP contribution in [0.3, 0.4) is 0 Å². The fraction of sp³-hybridized carbons (Fsp3) is 1.00. The first kappa shape index (κ1) is 68.5. The van der Waals surface area contributed by atoms with Crippen molar-refractivity contribution >= 4 is 473 Å². The van der Waals surface area contributed by atoms with E-state index in [4.69, 9.17) is 26.6 Å². The highest BCUT2D eigenvalue weighted by Gasteiger charge is 2.06. The van der Waals surface area contributed by atoms with Crippen LogP contribution in [0.25, 0.3) is 0 Å². The summed E-state index contributed by atoms with van der Waals surface area (Å²) in [4.78, 5) is 0. The Morgan fingerprint density at radius 1 is 0.327 bits per heavy atom. The average Bonchev–Trinajstić information content (AvgIpc) is 3.14. The summed E-state index contributed by atoms with van der Waals surface area (Å²) in [6.07, 6.45) is 0.948. The molecule has 52 heavy (non-hydrogen) atoms. The van der Waals surface area contributed by atoms with E-state index in [1.807, 2.05) is 275 Å². The van der Waals surface area contributed by atoms with Gasteiger partial charge in [-0.3, -0.25) is 0 Å². The van der Waals surface area contributed by atoms with Crippen molar-refractivity contribution in [2.75, 3.05) is 6.61 Å². The summed E-state index contributed by atoms with van der Waals surface area (Å²) in [5, 5.41) is 0. The van der Waals surface area contributed by atoms with Crippen LogP contribution in [0.1, 0.15) is 13.3 Å². The Morgan fingerprint density at radius 3 is 0.673 bits per heavy atom. The predicted octanol–water partition coefficient (Wildman–Crippen LogP) is 29.8. The van der Waals surface area contributed by atoms with Gasteiger partial charge in [0.05, 0.1) is 13.1 Å². The van der Waals surface area contributed by atoms with E-state index < -0.39 is 6.46 Å². The van der Waals surface area contributed by atoms with E-state index in [2.05, 4.69) is 18.6 Å². The summed E-state index contributed by atoms with van der Waals surface area (Å²) in [6, 6.07) is 0. The zero-order valence-corrected chi connectivity index (χ0v) is 61.7. The lowest BCUT2D eigenvalue weighted by Crippen LogP contribution is -1.96. The van der Waals surface area contributed by atoms with Crippen molar-refractivity contribution in [3.05, 3.63) is 0 Å². The van der Waals surface area contributed by atoms with Crippen LogP contribution in [0.15, 0.2) is 0 Å². The van der Waals surface area contributed by atoms with Crippen molar-refractivity contribution < 1.29 is 4.18 Å². The molecular weight excluding hydrogens is 1590 g/mol. The number of thiol groups is 1. The van der Waals surface area contributed by atoms with Crippen molar-refractivity contribution in [2.24, 2.45) is 0 Å². The summed E-state index contributed by atoms with van der Waals surface area (Å²) in [5.41, 5.74) is 0. The van der Waals surface area contributed by atoms with Gasteiger partial charge in [-0.1, -0.05) is 18.6 Å². The van der Waals surface area contributed by atoms with E-state index in [9.17, 15) is 0 Å². The molecule has 0 atom stereocenters. The molecule has 314 valence electrons. The maximum absolute atomic E-state index is 5.55. The highest BCUT2D eigenvalue weighted by Crippen LogP contribution is 2.68. The Bertz CT molecular complexity index is 736. The molecule has 0 saturated carbocycles. The zero-order chi connectivity index (χ0) is 37.7. The SMILES string of the molecule is CCCOS(=S)(=S)SSSSSSSSSSSSSSSSSSSSSSSSSSSSSSSSSSSSSSSSSSSSS. The van der Waals surface area contributed by atoms with Gasteiger partial charge in [0.2, 0.25) is 0 Å². The zero-order valence-electron chi connectivity index (χ0n) is 22.5. The minimum Gasteiger partial charge on any atom is -0.301 e. The summed E-state index contributed by atoms with van der Waals surface area (Å²) in [5.74, 6) is 0. The van der Waals surface area contributed by atoms with Gasteiger partial charge in [-0.05, 0) is 107 Å². The fourth-order valence-electron chi connectivity index (χ4n) is 0.716. The minimum absolute atomic E-state index is 0.650. The molecular formula is C3H8OS48. The molecule has 0 saturated heterocycles. The number of hydrogen-bond donors (Lipinski definition) is 1. The molecule has 0 N–H and O–H groups in total. The van der Waals surface area contributed by atoms with E-state index in [1.54, 1.807) is 138 Å². The van der Waals surface area contributed by atoms with Crippen molar-refractivity contribution in [1.82, 2.24) is 0 Å². The molecule has 1 nitrogen and oxygen atoms in total. The van der Waals surface area contributed by atoms with Crippen LogP contribution in [-0.2, 0) is 33.0 Å². The molecule has 0 aliphatic carbocycles. The molecule has 0 spiro atoms. The lowest BCUT2D eigenvalue weighted by molar-refractivity contribution is 0.374. The van der Waals surface area contributed by atoms with E-state index in [1.165, 1.54) is 19.7 Å². The van der Waals surface area contributed by atoms with E-state index >= 15 is 0 Å². The van der Waals surface area contributed by atoms with Crippen LogP contribution in [0.2, 0.25) is 0 Å². The normalized spacial score (nSPS) is 12.0. The number of hydrogen-bond acceptors (Lipinski definition) is 48. The molecule has 0 amide bonds. The van der Waals surface area contributed by atoms with Gasteiger partial charge < -0.3 is 4.18 Å². The first-order chi connectivity index (χ1) is 25.6. The van der Waals surface area contributed by atoms with Crippen molar-refractivity contribution in [1.29, 1.82) is 0 Å². The van der Waals surface area contributed by atoms with Crippen LogP contribution in [-0.4, -0.2) is 6.61 Å². The van der Waals surface area contributed by atoms with Gasteiger partial charge in [0.15, 0.2) is 0 Å². The van der Waals surface area contributed by atoms with Crippen LogP contribution in [0.5, 0.6) is 0 Å². The minimum atomic E-state index is -1.82. The Kier molecular flexibility index (Phi) is 81.4. The molecule has 0 heterocycles.